The molecule has 0 bridgehead atoms. The van der Waals surface area contributed by atoms with Crippen LogP contribution in [-0.2, 0) is 4.79 Å². The minimum Gasteiger partial charge on any atom is -0.497 e. The predicted octanol–water partition coefficient (Wildman–Crippen LogP) is 4.91. The summed E-state index contributed by atoms with van der Waals surface area (Å²) in [4.78, 5) is 30.1. The number of fused-ring (bicyclic) bond motifs is 1. The van der Waals surface area contributed by atoms with Crippen LogP contribution < -0.4 is 19.1 Å². The number of likely N-dealkylation sites (tertiary alicyclic amines) is 1. The van der Waals surface area contributed by atoms with Crippen LogP contribution >= 0.6 is 0 Å². The summed E-state index contributed by atoms with van der Waals surface area (Å²) in [6.45, 7) is 2.73. The highest BCUT2D eigenvalue weighted by atomic mass is 16.7. The van der Waals surface area contributed by atoms with Gasteiger partial charge in [0, 0.05) is 24.7 Å². The second-order valence-electron chi connectivity index (χ2n) is 8.82. The first kappa shape index (κ1) is 23.5. The number of carboxylic acids is 1. The van der Waals surface area contributed by atoms with Gasteiger partial charge in [-0.1, -0.05) is 36.4 Å². The normalized spacial score (nSPS) is 20.3. The Bertz CT molecular complexity index is 1250. The topological polar surface area (TPSA) is 88.5 Å². The van der Waals surface area contributed by atoms with Gasteiger partial charge in [-0.2, -0.15) is 0 Å². The van der Waals surface area contributed by atoms with E-state index >= 15 is 0 Å². The maximum atomic E-state index is 14.0. The lowest BCUT2D eigenvalue weighted by atomic mass is 9.83. The number of hydrogen-bond donors (Lipinski definition) is 1. The number of nitrogens with zero attached hydrogens (tertiary/aromatic N) is 2. The Kier molecular flexibility index (Phi) is 6.41. The number of amides is 2. The average molecular weight is 489 g/mol. The van der Waals surface area contributed by atoms with E-state index in [1.807, 2.05) is 61.5 Å². The van der Waals surface area contributed by atoms with E-state index in [4.69, 9.17) is 14.2 Å². The third-order valence-electron chi connectivity index (χ3n) is 6.93. The summed E-state index contributed by atoms with van der Waals surface area (Å²) in [5.74, 6) is -0.393. The first-order chi connectivity index (χ1) is 17.5. The zero-order valence-electron chi connectivity index (χ0n) is 20.2. The van der Waals surface area contributed by atoms with Crippen molar-refractivity contribution in [2.75, 3.05) is 31.9 Å². The Morgan fingerprint density at radius 2 is 1.69 bits per heavy atom. The molecule has 8 heteroatoms. The van der Waals surface area contributed by atoms with Gasteiger partial charge in [0.25, 0.3) is 0 Å². The van der Waals surface area contributed by atoms with Gasteiger partial charge in [0.1, 0.15) is 5.75 Å². The van der Waals surface area contributed by atoms with Crippen molar-refractivity contribution in [1.82, 2.24) is 4.90 Å². The summed E-state index contributed by atoms with van der Waals surface area (Å²) in [6, 6.07) is 21.2. The maximum Gasteiger partial charge on any atom is 0.325 e. The predicted molar refractivity (Wildman–Crippen MR) is 134 cm³/mol. The Morgan fingerprint density at radius 1 is 1.00 bits per heavy atom. The monoisotopic (exact) mass is 488 g/mol. The van der Waals surface area contributed by atoms with E-state index in [0.717, 1.165) is 16.8 Å². The van der Waals surface area contributed by atoms with Crippen molar-refractivity contribution in [2.24, 2.45) is 5.92 Å². The fourth-order valence-corrected chi connectivity index (χ4v) is 5.19. The van der Waals surface area contributed by atoms with Crippen LogP contribution in [0.3, 0.4) is 0 Å². The minimum atomic E-state index is -0.962. The lowest BCUT2D eigenvalue weighted by molar-refractivity contribution is -0.142. The molecule has 1 saturated heterocycles. The molecule has 8 nitrogen and oxygen atoms in total. The number of urea groups is 1. The lowest BCUT2D eigenvalue weighted by Crippen LogP contribution is -2.44. The van der Waals surface area contributed by atoms with E-state index in [0.29, 0.717) is 23.8 Å². The molecule has 1 N–H and O–H groups in total. The van der Waals surface area contributed by atoms with Crippen molar-refractivity contribution in [3.05, 3.63) is 83.9 Å². The molecular formula is C28H28N2O6. The number of methoxy groups -OCH3 is 1. The van der Waals surface area contributed by atoms with Crippen molar-refractivity contribution in [1.29, 1.82) is 0 Å². The molecule has 186 valence electrons. The molecule has 2 amide bonds. The van der Waals surface area contributed by atoms with Crippen molar-refractivity contribution < 1.29 is 28.9 Å². The van der Waals surface area contributed by atoms with Gasteiger partial charge in [0.15, 0.2) is 11.5 Å². The standard InChI is InChI=1S/C28H28N2O6/c1-3-29(20-7-5-4-6-8-20)28(33)30-16-22(19-11-14-23-24(15-19)36-17-35-23)25(27(31)32)26(30)18-9-12-21(34-2)13-10-18/h4-15,22,25-26H,3,16-17H2,1-2H3,(H,31,32). The van der Waals surface area contributed by atoms with Crippen LogP contribution in [0.5, 0.6) is 17.2 Å². The summed E-state index contributed by atoms with van der Waals surface area (Å²) in [5.41, 5.74) is 2.30. The van der Waals surface area contributed by atoms with Gasteiger partial charge in [-0.3, -0.25) is 9.69 Å². The van der Waals surface area contributed by atoms with E-state index in [2.05, 4.69) is 0 Å². The molecule has 3 atom stereocenters. The van der Waals surface area contributed by atoms with Crippen molar-refractivity contribution in [3.63, 3.8) is 0 Å². The van der Waals surface area contributed by atoms with Crippen LogP contribution in [-0.4, -0.2) is 49.0 Å². The van der Waals surface area contributed by atoms with Crippen LogP contribution in [0.25, 0.3) is 0 Å². The quantitative estimate of drug-likeness (QED) is 0.530. The van der Waals surface area contributed by atoms with Crippen molar-refractivity contribution in [2.45, 2.75) is 18.9 Å². The van der Waals surface area contributed by atoms with E-state index in [9.17, 15) is 14.7 Å². The van der Waals surface area contributed by atoms with Gasteiger partial charge in [-0.25, -0.2) is 4.79 Å². The molecule has 5 rings (SSSR count). The average Bonchev–Trinajstić information content (AvgIpc) is 3.54. The molecule has 1 fully saturated rings. The van der Waals surface area contributed by atoms with Gasteiger partial charge in [0.2, 0.25) is 6.79 Å². The summed E-state index contributed by atoms with van der Waals surface area (Å²) >= 11 is 0. The minimum absolute atomic E-state index is 0.132. The number of ether oxygens (including phenoxy) is 3. The van der Waals surface area contributed by atoms with E-state index < -0.39 is 23.8 Å². The Balaban J connectivity index is 1.58. The maximum absolute atomic E-state index is 14.0. The second kappa shape index (κ2) is 9.81. The Labute approximate surface area is 209 Å². The van der Waals surface area contributed by atoms with Crippen LogP contribution in [0.4, 0.5) is 10.5 Å². The molecule has 0 aromatic heterocycles. The molecule has 2 aliphatic rings. The highest BCUT2D eigenvalue weighted by Crippen LogP contribution is 2.48. The number of rotatable bonds is 6. The number of benzene rings is 3. The van der Waals surface area contributed by atoms with E-state index in [-0.39, 0.29) is 19.4 Å². The first-order valence-corrected chi connectivity index (χ1v) is 11.9. The zero-order valence-corrected chi connectivity index (χ0v) is 20.2. The number of para-hydroxylation sites is 1. The molecule has 2 aliphatic heterocycles. The Morgan fingerprint density at radius 3 is 2.36 bits per heavy atom. The molecule has 0 radical (unpaired) electrons. The number of carbonyl (C=O) groups is 2. The molecule has 0 spiro atoms. The van der Waals surface area contributed by atoms with Crippen LogP contribution in [0.1, 0.15) is 30.0 Å². The number of hydrogen-bond acceptors (Lipinski definition) is 5. The number of carbonyl (C=O) groups excluding carboxylic acids is 1. The molecule has 3 aromatic carbocycles. The van der Waals surface area contributed by atoms with Crippen LogP contribution in [0.15, 0.2) is 72.8 Å². The van der Waals surface area contributed by atoms with Gasteiger partial charge in [0.05, 0.1) is 19.1 Å². The zero-order chi connectivity index (χ0) is 25.2. The smallest absolute Gasteiger partial charge is 0.325 e. The molecule has 2 heterocycles. The first-order valence-electron chi connectivity index (χ1n) is 11.9. The Hall–Kier alpha value is -4.20. The van der Waals surface area contributed by atoms with E-state index in [1.165, 1.54) is 0 Å². The third-order valence-corrected chi connectivity index (χ3v) is 6.93. The molecule has 0 aliphatic carbocycles. The summed E-state index contributed by atoms with van der Waals surface area (Å²) in [5, 5.41) is 10.5. The molecule has 3 aromatic rings. The molecule has 3 unspecified atom stereocenters. The second-order valence-corrected chi connectivity index (χ2v) is 8.82. The fraction of sp³-hybridized carbons (Fsp3) is 0.286. The van der Waals surface area contributed by atoms with Crippen molar-refractivity contribution in [3.8, 4) is 17.2 Å². The van der Waals surface area contributed by atoms with E-state index in [1.54, 1.807) is 35.1 Å². The third kappa shape index (κ3) is 4.19. The lowest BCUT2D eigenvalue weighted by Gasteiger charge is -2.32. The fourth-order valence-electron chi connectivity index (χ4n) is 5.19. The van der Waals surface area contributed by atoms with Crippen LogP contribution in [0, 0.1) is 5.92 Å². The summed E-state index contributed by atoms with van der Waals surface area (Å²) in [6.07, 6.45) is 0. The summed E-state index contributed by atoms with van der Waals surface area (Å²) in [7, 11) is 1.58. The van der Waals surface area contributed by atoms with Crippen LogP contribution in [0.2, 0.25) is 0 Å². The molecular weight excluding hydrogens is 460 g/mol. The van der Waals surface area contributed by atoms with Crippen molar-refractivity contribution >= 4 is 17.7 Å². The SMILES string of the molecule is CCN(C(=O)N1CC(c2ccc3c(c2)OCO3)C(C(=O)O)C1c1ccc(OC)cc1)c1ccccc1. The highest BCUT2D eigenvalue weighted by molar-refractivity contribution is 5.93. The molecule has 36 heavy (non-hydrogen) atoms. The van der Waals surface area contributed by atoms with Gasteiger partial charge >= 0.3 is 12.0 Å². The van der Waals surface area contributed by atoms with Gasteiger partial charge in [-0.15, -0.1) is 0 Å². The number of carboxylic acid groups (broad SMARTS) is 1. The van der Waals surface area contributed by atoms with Gasteiger partial charge in [-0.05, 0) is 54.4 Å². The highest BCUT2D eigenvalue weighted by Gasteiger charge is 2.50. The van der Waals surface area contributed by atoms with Gasteiger partial charge < -0.3 is 24.2 Å². The largest absolute Gasteiger partial charge is 0.497 e. The number of aliphatic carboxylic acids is 1. The number of anilines is 1. The molecule has 0 saturated carbocycles. The summed E-state index contributed by atoms with van der Waals surface area (Å²) < 4.78 is 16.3.